The lowest BCUT2D eigenvalue weighted by molar-refractivity contribution is -0.768. The van der Waals surface area contributed by atoms with Crippen LogP contribution in [0.4, 0.5) is 0 Å². The van der Waals surface area contributed by atoms with Crippen LogP contribution in [0.3, 0.4) is 0 Å². The summed E-state index contributed by atoms with van der Waals surface area (Å²) in [6.07, 6.45) is 5.45. The average Bonchev–Trinajstić information content (AvgIpc) is 2.87. The minimum absolute atomic E-state index is 0.208. The Balaban J connectivity index is -0.000000118. The summed E-state index contributed by atoms with van der Waals surface area (Å²) in [5, 5.41) is 25.1. The molecule has 0 aliphatic heterocycles. The molecule has 0 saturated heterocycles. The van der Waals surface area contributed by atoms with Crippen molar-refractivity contribution in [3.05, 3.63) is 56.1 Å². The van der Waals surface area contributed by atoms with Gasteiger partial charge in [0.05, 0.1) is 13.2 Å². The number of nitrogens with zero attached hydrogens (tertiary/aromatic N) is 2. The van der Waals surface area contributed by atoms with Gasteiger partial charge in [-0.25, -0.2) is 0 Å². The van der Waals surface area contributed by atoms with E-state index < -0.39 is 10.2 Å². The van der Waals surface area contributed by atoms with E-state index in [-0.39, 0.29) is 18.6 Å². The van der Waals surface area contributed by atoms with Gasteiger partial charge in [-0.05, 0) is 30.7 Å². The molecule has 11 heteroatoms. The summed E-state index contributed by atoms with van der Waals surface area (Å²) in [6, 6.07) is 10.1. The maximum atomic E-state index is 9.83. The molecule has 214 valence electrons. The number of aliphatic hydroxyl groups is 1. The first-order chi connectivity index (χ1) is 17.2. The third-order valence-electron chi connectivity index (χ3n) is 3.70. The van der Waals surface area contributed by atoms with Crippen LogP contribution < -0.4 is 0 Å². The number of methoxy groups -OCH3 is 1. The second kappa shape index (κ2) is 39.4. The van der Waals surface area contributed by atoms with Gasteiger partial charge >= 0.3 is 0 Å². The second-order valence-corrected chi connectivity index (χ2v) is 7.19. The first-order valence-corrected chi connectivity index (χ1v) is 12.1. The summed E-state index contributed by atoms with van der Waals surface area (Å²) in [7, 11) is 2.70. The van der Waals surface area contributed by atoms with Gasteiger partial charge < -0.3 is 24.3 Å². The van der Waals surface area contributed by atoms with Crippen LogP contribution >= 0.6 is 0 Å². The lowest BCUT2D eigenvalue weighted by atomic mass is 10.1. The maximum Gasteiger partial charge on any atom is 0.294 e. The van der Waals surface area contributed by atoms with E-state index >= 15 is 0 Å². The maximum absolute atomic E-state index is 9.83. The fraction of sp³-hybridized carbons (Fsp3) is 0.720. The van der Waals surface area contributed by atoms with E-state index in [0.717, 1.165) is 32.8 Å². The topological polar surface area (TPSA) is 151 Å². The molecule has 0 aliphatic rings. The fourth-order valence-electron chi connectivity index (χ4n) is 2.28. The van der Waals surface area contributed by atoms with Gasteiger partial charge in [-0.2, -0.15) is 0 Å². The van der Waals surface area contributed by atoms with E-state index in [1.165, 1.54) is 12.0 Å². The van der Waals surface area contributed by atoms with Crippen LogP contribution in [0.15, 0.2) is 30.3 Å². The van der Waals surface area contributed by atoms with E-state index in [9.17, 15) is 20.2 Å². The Labute approximate surface area is 217 Å². The Kier molecular flexibility index (Phi) is 47.4. The van der Waals surface area contributed by atoms with Crippen molar-refractivity contribution in [1.82, 2.24) is 0 Å². The minimum Gasteiger partial charge on any atom is -0.400 e. The zero-order chi connectivity index (χ0) is 29.2. The first-order valence-electron chi connectivity index (χ1n) is 12.1. The van der Waals surface area contributed by atoms with Gasteiger partial charge in [0.25, 0.3) is 10.2 Å². The predicted molar refractivity (Wildman–Crippen MR) is 142 cm³/mol. The standard InChI is InChI=1S/C8H10O.2C6H13NO3.C3H8.CH4O.CH2O/c1-9-7-8-5-3-2-4-6-8;1-3-4-6(2)5-10-7(8)9;1-3-5-6(4-2)10-7(8)9;1-3-2;2*1-2/h2-6H,7H2,1H3;2*6H,3-5H2,1-2H3;3H2,1-2H3;2H,1H3;1H2. The zero-order valence-electron chi connectivity index (χ0n) is 23.5. The van der Waals surface area contributed by atoms with Gasteiger partial charge in [-0.3, -0.25) is 0 Å². The van der Waals surface area contributed by atoms with Crippen LogP contribution in [-0.4, -0.2) is 49.0 Å². The van der Waals surface area contributed by atoms with Gasteiger partial charge in [0, 0.05) is 14.2 Å². The van der Waals surface area contributed by atoms with Crippen LogP contribution in [0.5, 0.6) is 0 Å². The summed E-state index contributed by atoms with van der Waals surface area (Å²) in [5.74, 6) is 0.287. The number of benzene rings is 1. The molecule has 0 aliphatic carbocycles. The highest BCUT2D eigenvalue weighted by Crippen LogP contribution is 2.05. The number of aliphatic hydroxyl groups excluding tert-OH is 1. The van der Waals surface area contributed by atoms with Crippen LogP contribution in [0.25, 0.3) is 0 Å². The van der Waals surface area contributed by atoms with E-state index in [0.29, 0.717) is 13.0 Å². The molecule has 11 nitrogen and oxygen atoms in total. The van der Waals surface area contributed by atoms with Crippen molar-refractivity contribution in [2.24, 2.45) is 5.92 Å². The average molecular weight is 523 g/mol. The summed E-state index contributed by atoms with van der Waals surface area (Å²) in [4.78, 5) is 36.1. The van der Waals surface area contributed by atoms with E-state index in [2.05, 4.69) is 23.5 Å². The third-order valence-corrected chi connectivity index (χ3v) is 3.70. The van der Waals surface area contributed by atoms with Gasteiger partial charge in [0.2, 0.25) is 0 Å². The van der Waals surface area contributed by atoms with Gasteiger partial charge in [0.15, 0.2) is 0 Å². The second-order valence-electron chi connectivity index (χ2n) is 7.19. The molecule has 0 fully saturated rings. The smallest absolute Gasteiger partial charge is 0.294 e. The number of hydrogen-bond acceptors (Lipinski definition) is 9. The molecule has 0 saturated carbocycles. The predicted octanol–water partition coefficient (Wildman–Crippen LogP) is 6.08. The normalized spacial score (nSPS) is 10.1. The van der Waals surface area contributed by atoms with E-state index in [4.69, 9.17) is 14.6 Å². The Morgan fingerprint density at radius 3 is 1.72 bits per heavy atom. The lowest BCUT2D eigenvalue weighted by Crippen LogP contribution is -2.15. The number of hydrogen-bond donors (Lipinski definition) is 1. The summed E-state index contributed by atoms with van der Waals surface area (Å²) in [5.41, 5.74) is 1.22. The number of rotatable bonds is 12. The highest BCUT2D eigenvalue weighted by molar-refractivity contribution is 5.13. The molecule has 0 radical (unpaired) electrons. The highest BCUT2D eigenvalue weighted by Gasteiger charge is 2.08. The third kappa shape index (κ3) is 44.8. The molecule has 1 aromatic carbocycles. The molecular weight excluding hydrogens is 472 g/mol. The molecule has 0 amide bonds. The Hall–Kier alpha value is -2.79. The molecule has 1 rings (SSSR count). The Bertz CT molecular complexity index is 550. The molecule has 0 aromatic heterocycles. The zero-order valence-corrected chi connectivity index (χ0v) is 23.5. The van der Waals surface area contributed by atoms with Crippen molar-refractivity contribution in [3.63, 3.8) is 0 Å². The van der Waals surface area contributed by atoms with Gasteiger partial charge in [0.1, 0.15) is 12.9 Å². The summed E-state index contributed by atoms with van der Waals surface area (Å²) in [6.45, 7) is 15.0. The molecule has 36 heavy (non-hydrogen) atoms. The first kappa shape index (κ1) is 43.3. The van der Waals surface area contributed by atoms with Crippen molar-refractivity contribution < 1.29 is 34.5 Å². The van der Waals surface area contributed by atoms with Crippen LogP contribution in [0.1, 0.15) is 85.6 Å². The molecule has 1 aromatic rings. The van der Waals surface area contributed by atoms with Crippen molar-refractivity contribution >= 4 is 6.79 Å². The minimum atomic E-state index is -0.744. The quantitative estimate of drug-likeness (QED) is 0.254. The summed E-state index contributed by atoms with van der Waals surface area (Å²) >= 11 is 0. The van der Waals surface area contributed by atoms with Crippen LogP contribution in [0.2, 0.25) is 0 Å². The van der Waals surface area contributed by atoms with Crippen LogP contribution in [0, 0.1) is 26.1 Å². The number of carbonyl (C=O) groups is 1. The lowest BCUT2D eigenvalue weighted by Gasteiger charge is -2.09. The van der Waals surface area contributed by atoms with Crippen LogP contribution in [-0.2, 0) is 25.8 Å². The molecular formula is C25H50N2O9. The fourth-order valence-corrected chi connectivity index (χ4v) is 2.28. The van der Waals surface area contributed by atoms with Gasteiger partial charge in [-0.15, -0.1) is 20.2 Å². The largest absolute Gasteiger partial charge is 0.400 e. The Morgan fingerprint density at radius 2 is 1.39 bits per heavy atom. The molecule has 0 bridgehead atoms. The molecule has 2 atom stereocenters. The molecule has 0 spiro atoms. The van der Waals surface area contributed by atoms with Crippen molar-refractivity contribution in [1.29, 1.82) is 0 Å². The Morgan fingerprint density at radius 1 is 0.917 bits per heavy atom. The van der Waals surface area contributed by atoms with E-state index in [1.54, 1.807) is 7.11 Å². The van der Waals surface area contributed by atoms with Gasteiger partial charge in [-0.1, -0.05) is 91.1 Å². The molecule has 1 N–H and O–H groups in total. The van der Waals surface area contributed by atoms with E-state index in [1.807, 2.05) is 64.8 Å². The van der Waals surface area contributed by atoms with Crippen molar-refractivity contribution in [2.75, 3.05) is 20.8 Å². The SMILES string of the molecule is C=O.CCC.CCCC(C)CO[N+](=O)[O-].CCCC(CC)O[N+](=O)[O-].CO.COCc1ccccc1. The number of ether oxygens (including phenoxy) is 1. The highest BCUT2D eigenvalue weighted by atomic mass is 17.0. The summed E-state index contributed by atoms with van der Waals surface area (Å²) < 4.78 is 4.93. The van der Waals surface area contributed by atoms with Crippen molar-refractivity contribution in [3.8, 4) is 0 Å². The van der Waals surface area contributed by atoms with Crippen molar-refractivity contribution in [2.45, 2.75) is 92.8 Å². The molecule has 0 heterocycles. The molecule has 2 unspecified atom stereocenters. The monoisotopic (exact) mass is 522 g/mol. The number of carbonyl (C=O) groups excluding carboxylic acids is 1.